The van der Waals surface area contributed by atoms with Crippen LogP contribution in [0.3, 0.4) is 0 Å². The van der Waals surface area contributed by atoms with Crippen LogP contribution < -0.4 is 0 Å². The molecule has 0 fully saturated rings. The third-order valence-electron chi connectivity index (χ3n) is 13.8. The fourth-order valence-corrected chi connectivity index (χ4v) is 9.57. The van der Waals surface area contributed by atoms with E-state index >= 15 is 0 Å². The summed E-state index contributed by atoms with van der Waals surface area (Å²) >= 11 is 0. The van der Waals surface area contributed by atoms with Crippen molar-refractivity contribution in [3.8, 4) is 78.6 Å². The number of imidazole rings is 1. The van der Waals surface area contributed by atoms with Crippen LogP contribution in [0.5, 0.6) is 5.75 Å². The van der Waals surface area contributed by atoms with Gasteiger partial charge in [-0.3, -0.25) is 9.55 Å². The van der Waals surface area contributed by atoms with Crippen molar-refractivity contribution in [3.63, 3.8) is 0 Å². The van der Waals surface area contributed by atoms with Crippen LogP contribution in [0.1, 0.15) is 111 Å². The minimum atomic E-state index is -4.57. The van der Waals surface area contributed by atoms with Gasteiger partial charge in [0.2, 0.25) is 0 Å². The summed E-state index contributed by atoms with van der Waals surface area (Å²) in [5.74, 6) is 0.812. The standard InChI is InChI=1S/C65H64F3N3O/c1-61(2,3)46-27-29-56(51(37-46)41-22-17-14-18-23-41)71-57-25-19-24-50(58(57)70-60(71)52-38-48(63(7,8)9)39-54(59(52)72)64(10,11)12)44-32-45(34-47(33-44)62(4,5)6)55-36-43(30-31-69-55)42-26-28-49(40-20-15-13-16-21-40)53(35-42)65(66,67)68/h13-39,72H,1-12H3. The number of pyridine rings is 1. The molecule has 7 heteroatoms. The van der Waals surface area contributed by atoms with Gasteiger partial charge in [-0.2, -0.15) is 13.2 Å². The lowest BCUT2D eigenvalue weighted by molar-refractivity contribution is -0.137. The lowest BCUT2D eigenvalue weighted by atomic mass is 9.79. The lowest BCUT2D eigenvalue weighted by Crippen LogP contribution is -2.17. The van der Waals surface area contributed by atoms with Crippen LogP contribution in [0, 0.1) is 0 Å². The number of aromatic hydroxyl groups is 1. The largest absolute Gasteiger partial charge is 0.507 e. The van der Waals surface area contributed by atoms with E-state index in [1.807, 2.05) is 12.1 Å². The van der Waals surface area contributed by atoms with Crippen LogP contribution in [-0.4, -0.2) is 19.6 Å². The Bertz CT molecular complexity index is 3480. The van der Waals surface area contributed by atoms with Gasteiger partial charge in [-0.05, 0) is 126 Å². The van der Waals surface area contributed by atoms with Crippen LogP contribution in [0.25, 0.3) is 83.9 Å². The topological polar surface area (TPSA) is 50.9 Å². The third kappa shape index (κ3) is 9.74. The molecule has 4 nitrogen and oxygen atoms in total. The van der Waals surface area contributed by atoms with E-state index in [-0.39, 0.29) is 33.0 Å². The highest BCUT2D eigenvalue weighted by Gasteiger charge is 2.35. The monoisotopic (exact) mass is 960 g/mol. The number of rotatable bonds is 7. The van der Waals surface area contributed by atoms with Crippen LogP contribution in [0.2, 0.25) is 0 Å². The van der Waals surface area contributed by atoms with E-state index in [1.54, 1.807) is 54.7 Å². The van der Waals surface area contributed by atoms with E-state index in [4.69, 9.17) is 9.97 Å². The van der Waals surface area contributed by atoms with Gasteiger partial charge in [0.05, 0.1) is 33.5 Å². The SMILES string of the molecule is CC(C)(C)c1cc(-c2cc(-c3ccc(-c4ccccc4)c(C(F)(F)F)c3)ccn2)cc(-c2cccc3c2nc(-c2cc(C(C)(C)C)cc(C(C)(C)C)c2O)n3-c2ccc(C(C)(C)C)cc2-c2ccccc2)c1. The van der Waals surface area contributed by atoms with Gasteiger partial charge < -0.3 is 5.11 Å². The molecule has 9 rings (SSSR count). The van der Waals surface area contributed by atoms with Crippen molar-refractivity contribution in [2.75, 3.05) is 0 Å². The number of hydrogen-bond acceptors (Lipinski definition) is 3. The van der Waals surface area contributed by atoms with Gasteiger partial charge >= 0.3 is 6.18 Å². The number of phenols is 1. The fraction of sp³-hybridized carbons (Fsp3) is 0.262. The van der Waals surface area contributed by atoms with Crippen LogP contribution in [0.15, 0.2) is 164 Å². The number of benzene rings is 7. The smallest absolute Gasteiger partial charge is 0.417 e. The highest BCUT2D eigenvalue weighted by molar-refractivity contribution is 5.98. The normalized spacial score (nSPS) is 12.7. The second-order valence-corrected chi connectivity index (χ2v) is 23.3. The molecule has 2 heterocycles. The molecule has 0 saturated heterocycles. The minimum Gasteiger partial charge on any atom is -0.507 e. The molecule has 7 aromatic carbocycles. The third-order valence-corrected chi connectivity index (χ3v) is 13.8. The average Bonchev–Trinajstić information content (AvgIpc) is 3.72. The summed E-state index contributed by atoms with van der Waals surface area (Å²) in [6.07, 6.45) is -2.90. The molecule has 1 N–H and O–H groups in total. The number of phenolic OH excluding ortho intramolecular Hbond substituents is 1. The molecule has 9 aromatic rings. The first-order chi connectivity index (χ1) is 33.8. The molecule has 0 aliphatic heterocycles. The zero-order chi connectivity index (χ0) is 51.7. The van der Waals surface area contributed by atoms with Crippen molar-refractivity contribution in [3.05, 3.63) is 192 Å². The zero-order valence-electron chi connectivity index (χ0n) is 43.5. The maximum atomic E-state index is 14.7. The van der Waals surface area contributed by atoms with Gasteiger partial charge in [0.15, 0.2) is 0 Å². The molecule has 366 valence electrons. The predicted molar refractivity (Wildman–Crippen MR) is 293 cm³/mol. The fourth-order valence-electron chi connectivity index (χ4n) is 9.57. The Hall–Kier alpha value is -7.25. The highest BCUT2D eigenvalue weighted by Crippen LogP contribution is 2.47. The van der Waals surface area contributed by atoms with Crippen molar-refractivity contribution in [1.29, 1.82) is 0 Å². The molecule has 0 unspecified atom stereocenters. The molecule has 0 aliphatic carbocycles. The first-order valence-corrected chi connectivity index (χ1v) is 24.8. The molecule has 0 spiro atoms. The molecule has 0 aliphatic rings. The molecule has 0 radical (unpaired) electrons. The summed E-state index contributed by atoms with van der Waals surface area (Å²) in [6, 6.07) is 51.0. The van der Waals surface area contributed by atoms with Crippen molar-refractivity contribution in [2.24, 2.45) is 0 Å². The van der Waals surface area contributed by atoms with Crippen LogP contribution >= 0.6 is 0 Å². The van der Waals surface area contributed by atoms with E-state index in [2.05, 4.69) is 179 Å². The molecular weight excluding hydrogens is 896 g/mol. The predicted octanol–water partition coefficient (Wildman–Crippen LogP) is 18.3. The highest BCUT2D eigenvalue weighted by atomic mass is 19.4. The number of aromatic nitrogens is 3. The maximum Gasteiger partial charge on any atom is 0.417 e. The molecule has 0 atom stereocenters. The summed E-state index contributed by atoms with van der Waals surface area (Å²) < 4.78 is 46.4. The van der Waals surface area contributed by atoms with Gasteiger partial charge in [0.25, 0.3) is 0 Å². The lowest BCUT2D eigenvalue weighted by Gasteiger charge is -2.28. The van der Waals surface area contributed by atoms with Gasteiger partial charge in [0, 0.05) is 28.5 Å². The molecule has 72 heavy (non-hydrogen) atoms. The second-order valence-electron chi connectivity index (χ2n) is 23.3. The number of alkyl halides is 3. The van der Waals surface area contributed by atoms with E-state index in [0.29, 0.717) is 33.8 Å². The Labute approximate surface area is 423 Å². The molecule has 0 amide bonds. The van der Waals surface area contributed by atoms with Crippen molar-refractivity contribution in [2.45, 2.75) is 111 Å². The Kier molecular flexibility index (Phi) is 12.5. The summed E-state index contributed by atoms with van der Waals surface area (Å²) in [6.45, 7) is 26.2. The minimum absolute atomic E-state index is 0.126. The average molecular weight is 960 g/mol. The van der Waals surface area contributed by atoms with Gasteiger partial charge in [-0.25, -0.2) is 4.98 Å². The summed E-state index contributed by atoms with van der Waals surface area (Å²) in [7, 11) is 0. The van der Waals surface area contributed by atoms with Gasteiger partial charge in [0.1, 0.15) is 11.6 Å². The summed E-state index contributed by atoms with van der Waals surface area (Å²) in [5, 5.41) is 12.6. The maximum absolute atomic E-state index is 14.7. The van der Waals surface area contributed by atoms with Crippen LogP contribution in [0.4, 0.5) is 13.2 Å². The Morgan fingerprint density at radius 1 is 0.417 bits per heavy atom. The zero-order valence-corrected chi connectivity index (χ0v) is 43.5. The van der Waals surface area contributed by atoms with E-state index in [9.17, 15) is 18.3 Å². The van der Waals surface area contributed by atoms with Crippen molar-refractivity contribution in [1.82, 2.24) is 14.5 Å². The molecular formula is C65H64F3N3O. The first kappa shape index (κ1) is 49.7. The Morgan fingerprint density at radius 2 is 1.00 bits per heavy atom. The summed E-state index contributed by atoms with van der Waals surface area (Å²) in [4.78, 5) is 10.5. The number of hydrogen-bond donors (Lipinski definition) is 1. The van der Waals surface area contributed by atoms with E-state index < -0.39 is 11.7 Å². The number of halogens is 3. The summed E-state index contributed by atoms with van der Waals surface area (Å²) in [5.41, 5.74) is 12.7. The molecule has 2 aromatic heterocycles. The molecule has 0 bridgehead atoms. The van der Waals surface area contributed by atoms with E-state index in [1.165, 1.54) is 11.6 Å². The molecule has 0 saturated carbocycles. The number of nitrogens with zero attached hydrogens (tertiary/aromatic N) is 3. The second kappa shape index (κ2) is 18.1. The van der Waals surface area contributed by atoms with Crippen molar-refractivity contribution >= 4 is 11.0 Å². The quantitative estimate of drug-likeness (QED) is 0.173. The Morgan fingerprint density at radius 3 is 1.61 bits per heavy atom. The van der Waals surface area contributed by atoms with Gasteiger partial charge in [-0.1, -0.05) is 186 Å². The van der Waals surface area contributed by atoms with Crippen molar-refractivity contribution < 1.29 is 18.3 Å². The Balaban J connectivity index is 1.30. The number of para-hydroxylation sites is 1. The first-order valence-electron chi connectivity index (χ1n) is 24.8. The van der Waals surface area contributed by atoms with Crippen LogP contribution in [-0.2, 0) is 27.8 Å². The van der Waals surface area contributed by atoms with Gasteiger partial charge in [-0.15, -0.1) is 0 Å². The number of fused-ring (bicyclic) bond motifs is 1. The van der Waals surface area contributed by atoms with E-state index in [0.717, 1.165) is 61.2 Å².